The molecule has 9 heteroatoms. The van der Waals surface area contributed by atoms with Crippen LogP contribution in [0.25, 0.3) is 0 Å². The van der Waals surface area contributed by atoms with Crippen molar-refractivity contribution < 1.29 is 23.6 Å². The van der Waals surface area contributed by atoms with Crippen molar-refractivity contribution in [1.29, 1.82) is 0 Å². The highest BCUT2D eigenvalue weighted by Gasteiger charge is 2.48. The van der Waals surface area contributed by atoms with Crippen LogP contribution in [0.1, 0.15) is 57.8 Å². The van der Waals surface area contributed by atoms with Gasteiger partial charge in [0.2, 0.25) is 17.7 Å². The van der Waals surface area contributed by atoms with Crippen LogP contribution in [-0.4, -0.2) is 60.0 Å². The molecule has 4 aliphatic rings. The summed E-state index contributed by atoms with van der Waals surface area (Å²) in [5.74, 6) is -0.379. The fourth-order valence-electron chi connectivity index (χ4n) is 5.55. The first-order chi connectivity index (χ1) is 14.4. The van der Waals surface area contributed by atoms with Gasteiger partial charge in [-0.05, 0) is 50.4 Å². The standard InChI is InChI=1S/C21H31FN4O4/c22-15-3-1-2-4-16(15)24-21(30)23-10-12-5-6-13-11-26(20(29)14(13)9-12)17-7-8-18(27)25-19(17)28/h12-17H,1-11H2,(H2,23,24,30)(H,25,27,28). The van der Waals surface area contributed by atoms with Gasteiger partial charge in [0, 0.05) is 25.4 Å². The molecular weight excluding hydrogens is 391 g/mol. The van der Waals surface area contributed by atoms with E-state index in [0.717, 1.165) is 25.7 Å². The number of carbonyl (C=O) groups is 4. The van der Waals surface area contributed by atoms with Crippen molar-refractivity contribution in [2.75, 3.05) is 13.1 Å². The molecule has 0 bridgehead atoms. The summed E-state index contributed by atoms with van der Waals surface area (Å²) in [4.78, 5) is 50.4. The van der Waals surface area contributed by atoms with Crippen LogP contribution in [0, 0.1) is 17.8 Å². The van der Waals surface area contributed by atoms with E-state index in [2.05, 4.69) is 16.0 Å². The minimum atomic E-state index is -0.977. The first-order valence-electron chi connectivity index (χ1n) is 11.2. The van der Waals surface area contributed by atoms with Gasteiger partial charge >= 0.3 is 6.03 Å². The lowest BCUT2D eigenvalue weighted by molar-refractivity contribution is -0.144. The number of urea groups is 1. The Kier molecular flexibility index (Phi) is 6.24. The van der Waals surface area contributed by atoms with Crippen molar-refractivity contribution in [2.45, 2.75) is 76.0 Å². The van der Waals surface area contributed by atoms with Crippen molar-refractivity contribution in [3.63, 3.8) is 0 Å². The van der Waals surface area contributed by atoms with Crippen LogP contribution in [0.2, 0.25) is 0 Å². The fourth-order valence-corrected chi connectivity index (χ4v) is 5.55. The molecule has 6 unspecified atom stereocenters. The van der Waals surface area contributed by atoms with Crippen LogP contribution in [-0.2, 0) is 14.4 Å². The van der Waals surface area contributed by atoms with Gasteiger partial charge in [0.05, 0.1) is 6.04 Å². The zero-order valence-electron chi connectivity index (χ0n) is 17.2. The van der Waals surface area contributed by atoms with Crippen molar-refractivity contribution in [1.82, 2.24) is 20.9 Å². The van der Waals surface area contributed by atoms with E-state index >= 15 is 0 Å². The van der Waals surface area contributed by atoms with Gasteiger partial charge in [-0.15, -0.1) is 0 Å². The van der Waals surface area contributed by atoms with Gasteiger partial charge in [-0.25, -0.2) is 9.18 Å². The molecule has 3 N–H and O–H groups in total. The van der Waals surface area contributed by atoms with E-state index < -0.39 is 18.3 Å². The average Bonchev–Trinajstić information content (AvgIpc) is 3.04. The molecule has 2 aliphatic heterocycles. The highest BCUT2D eigenvalue weighted by Crippen LogP contribution is 2.41. The van der Waals surface area contributed by atoms with Crippen LogP contribution >= 0.6 is 0 Å². The molecule has 0 aromatic carbocycles. The van der Waals surface area contributed by atoms with Gasteiger partial charge in [-0.1, -0.05) is 12.8 Å². The number of amides is 5. The van der Waals surface area contributed by atoms with Gasteiger partial charge in [-0.3, -0.25) is 19.7 Å². The van der Waals surface area contributed by atoms with Crippen LogP contribution in [0.3, 0.4) is 0 Å². The number of halogens is 1. The summed E-state index contributed by atoms with van der Waals surface area (Å²) in [6.07, 6.45) is 5.12. The number of nitrogens with one attached hydrogen (secondary N) is 3. The lowest BCUT2D eigenvalue weighted by Gasteiger charge is -2.30. The summed E-state index contributed by atoms with van der Waals surface area (Å²) in [6.45, 7) is 1.03. The van der Waals surface area contributed by atoms with Crippen LogP contribution in [0.4, 0.5) is 9.18 Å². The zero-order valence-corrected chi connectivity index (χ0v) is 17.2. The van der Waals surface area contributed by atoms with E-state index in [4.69, 9.17) is 0 Å². The molecule has 0 spiro atoms. The molecule has 0 aromatic rings. The highest BCUT2D eigenvalue weighted by atomic mass is 19.1. The van der Waals surface area contributed by atoms with Crippen LogP contribution < -0.4 is 16.0 Å². The Labute approximate surface area is 175 Å². The second-order valence-electron chi connectivity index (χ2n) is 9.26. The van der Waals surface area contributed by atoms with E-state index in [-0.39, 0.29) is 47.9 Å². The SMILES string of the molecule is O=C1CCC(N2CC3CCC(CNC(=O)NC4CCCCC4F)CC3C2=O)C(=O)N1. The molecule has 2 saturated carbocycles. The third kappa shape index (κ3) is 4.44. The van der Waals surface area contributed by atoms with Gasteiger partial charge in [0.1, 0.15) is 12.2 Å². The Bertz CT molecular complexity index is 717. The maximum Gasteiger partial charge on any atom is 0.315 e. The first kappa shape index (κ1) is 21.1. The summed E-state index contributed by atoms with van der Waals surface area (Å²) in [5, 5.41) is 7.94. The summed E-state index contributed by atoms with van der Waals surface area (Å²) >= 11 is 0. The lowest BCUT2D eigenvalue weighted by atomic mass is 9.75. The van der Waals surface area contributed by atoms with Crippen LogP contribution in [0.15, 0.2) is 0 Å². The third-order valence-electron chi connectivity index (χ3n) is 7.27. The quantitative estimate of drug-likeness (QED) is 0.593. The maximum atomic E-state index is 13.9. The minimum Gasteiger partial charge on any atom is -0.338 e. The minimum absolute atomic E-state index is 0.00822. The number of nitrogens with zero attached hydrogens (tertiary/aromatic N) is 1. The van der Waals surface area contributed by atoms with E-state index in [1.54, 1.807) is 4.90 Å². The predicted molar refractivity (Wildman–Crippen MR) is 106 cm³/mol. The second kappa shape index (κ2) is 8.89. The number of hydrogen-bond acceptors (Lipinski definition) is 4. The number of imide groups is 1. The molecule has 166 valence electrons. The number of fused-ring (bicyclic) bond motifs is 1. The molecule has 2 aliphatic carbocycles. The van der Waals surface area contributed by atoms with Crippen molar-refractivity contribution in [2.24, 2.45) is 17.8 Å². The molecule has 4 rings (SSSR count). The smallest absolute Gasteiger partial charge is 0.315 e. The molecule has 30 heavy (non-hydrogen) atoms. The Hall–Kier alpha value is -2.19. The number of rotatable bonds is 4. The average molecular weight is 423 g/mol. The number of piperidine rings is 1. The number of carbonyl (C=O) groups excluding carboxylic acids is 4. The number of likely N-dealkylation sites (tertiary alicyclic amines) is 1. The summed E-state index contributed by atoms with van der Waals surface area (Å²) in [7, 11) is 0. The van der Waals surface area contributed by atoms with E-state index in [1.807, 2.05) is 0 Å². The zero-order chi connectivity index (χ0) is 21.3. The van der Waals surface area contributed by atoms with E-state index in [9.17, 15) is 23.6 Å². The molecule has 0 aromatic heterocycles. The van der Waals surface area contributed by atoms with Gasteiger partial charge in [0.25, 0.3) is 0 Å². The molecule has 5 amide bonds. The summed E-state index contributed by atoms with van der Waals surface area (Å²) < 4.78 is 13.9. The molecule has 6 atom stereocenters. The van der Waals surface area contributed by atoms with E-state index in [0.29, 0.717) is 38.8 Å². The largest absolute Gasteiger partial charge is 0.338 e. The molecular formula is C21H31FN4O4. The van der Waals surface area contributed by atoms with Crippen molar-refractivity contribution >= 4 is 23.8 Å². The third-order valence-corrected chi connectivity index (χ3v) is 7.27. The summed E-state index contributed by atoms with van der Waals surface area (Å²) in [5.41, 5.74) is 0. The Morgan fingerprint density at radius 2 is 1.90 bits per heavy atom. The van der Waals surface area contributed by atoms with E-state index in [1.165, 1.54) is 0 Å². The highest BCUT2D eigenvalue weighted by molar-refractivity contribution is 6.02. The normalized spacial score (nSPS) is 36.8. The van der Waals surface area contributed by atoms with Crippen LogP contribution in [0.5, 0.6) is 0 Å². The molecule has 2 saturated heterocycles. The Balaban J connectivity index is 1.26. The lowest BCUT2D eigenvalue weighted by Crippen LogP contribution is -2.53. The first-order valence-corrected chi connectivity index (χ1v) is 11.2. The van der Waals surface area contributed by atoms with Gasteiger partial charge in [0.15, 0.2) is 0 Å². The Morgan fingerprint density at radius 1 is 1.10 bits per heavy atom. The fraction of sp³-hybridized carbons (Fsp3) is 0.810. The second-order valence-corrected chi connectivity index (χ2v) is 9.26. The summed E-state index contributed by atoms with van der Waals surface area (Å²) in [6, 6.07) is -1.30. The van der Waals surface area contributed by atoms with Crippen molar-refractivity contribution in [3.8, 4) is 0 Å². The van der Waals surface area contributed by atoms with Gasteiger partial charge < -0.3 is 15.5 Å². The predicted octanol–water partition coefficient (Wildman–Crippen LogP) is 1.25. The molecule has 8 nitrogen and oxygen atoms in total. The molecule has 0 radical (unpaired) electrons. The number of alkyl halides is 1. The molecule has 4 fully saturated rings. The topological polar surface area (TPSA) is 108 Å². The Morgan fingerprint density at radius 3 is 2.67 bits per heavy atom. The molecule has 2 heterocycles. The van der Waals surface area contributed by atoms with Gasteiger partial charge in [-0.2, -0.15) is 0 Å². The monoisotopic (exact) mass is 422 g/mol. The maximum absolute atomic E-state index is 13.9. The number of hydrogen-bond donors (Lipinski definition) is 3. The van der Waals surface area contributed by atoms with Crippen molar-refractivity contribution in [3.05, 3.63) is 0 Å².